The Labute approximate surface area is 142 Å². The zero-order valence-corrected chi connectivity index (χ0v) is 13.3. The highest BCUT2D eigenvalue weighted by atomic mass is 19.4. The van der Waals surface area contributed by atoms with Gasteiger partial charge in [0.05, 0.1) is 17.2 Å². The van der Waals surface area contributed by atoms with E-state index in [1.165, 1.54) is 0 Å². The minimum absolute atomic E-state index is 0.113. The zero-order valence-electron chi connectivity index (χ0n) is 13.3. The van der Waals surface area contributed by atoms with Crippen LogP contribution in [0.2, 0.25) is 0 Å². The number of nitrogens with zero attached hydrogens (tertiary/aromatic N) is 2. The standard InChI is InChI=1S/C17H18F3N3O2/c18-17(19,20)15(24)13-8-1-2-10-23(13)16(25)22-12-7-3-5-11-6-4-9-21-14(11)12/h3-7,9,13,15,24H,1-2,8,10H2,(H,22,25)/t13-,15-/m1/s1. The highest BCUT2D eigenvalue weighted by Gasteiger charge is 2.47. The Bertz CT molecular complexity index is 761. The van der Waals surface area contributed by atoms with Crippen LogP contribution in [0.25, 0.3) is 10.9 Å². The maximum Gasteiger partial charge on any atom is 0.416 e. The lowest BCUT2D eigenvalue weighted by molar-refractivity contribution is -0.221. The second kappa shape index (κ2) is 6.87. The molecule has 2 aromatic rings. The van der Waals surface area contributed by atoms with Crippen molar-refractivity contribution in [3.8, 4) is 0 Å². The molecular formula is C17H18F3N3O2. The van der Waals surface area contributed by atoms with Gasteiger partial charge in [0.2, 0.25) is 0 Å². The van der Waals surface area contributed by atoms with Crippen LogP contribution in [0, 0.1) is 0 Å². The largest absolute Gasteiger partial charge is 0.416 e. The highest BCUT2D eigenvalue weighted by molar-refractivity contribution is 5.99. The van der Waals surface area contributed by atoms with E-state index >= 15 is 0 Å². The number of urea groups is 1. The summed E-state index contributed by atoms with van der Waals surface area (Å²) < 4.78 is 38.7. The Balaban J connectivity index is 1.83. The number of anilines is 1. The first kappa shape index (κ1) is 17.5. The first-order valence-electron chi connectivity index (χ1n) is 8.04. The molecule has 5 nitrogen and oxygen atoms in total. The maximum absolute atomic E-state index is 12.9. The van der Waals surface area contributed by atoms with Crippen molar-refractivity contribution in [2.24, 2.45) is 0 Å². The number of hydrogen-bond donors (Lipinski definition) is 2. The predicted molar refractivity (Wildman–Crippen MR) is 87.2 cm³/mol. The lowest BCUT2D eigenvalue weighted by Crippen LogP contribution is -2.55. The molecule has 1 fully saturated rings. The lowest BCUT2D eigenvalue weighted by atomic mass is 9.97. The number of aliphatic hydroxyl groups is 1. The van der Waals surface area contributed by atoms with Crippen molar-refractivity contribution in [3.63, 3.8) is 0 Å². The molecule has 1 aromatic carbocycles. The molecule has 0 bridgehead atoms. The van der Waals surface area contributed by atoms with E-state index in [4.69, 9.17) is 0 Å². The minimum atomic E-state index is -4.76. The van der Waals surface area contributed by atoms with Crippen molar-refractivity contribution in [1.82, 2.24) is 9.88 Å². The number of carbonyl (C=O) groups excluding carboxylic acids is 1. The summed E-state index contributed by atoms with van der Waals surface area (Å²) >= 11 is 0. The number of pyridine rings is 1. The van der Waals surface area contributed by atoms with Crippen molar-refractivity contribution in [2.45, 2.75) is 37.6 Å². The summed E-state index contributed by atoms with van der Waals surface area (Å²) in [6.07, 6.45) is -4.48. The third-order valence-electron chi connectivity index (χ3n) is 4.38. The van der Waals surface area contributed by atoms with Gasteiger partial charge >= 0.3 is 12.2 Å². The number of carbonyl (C=O) groups is 1. The third kappa shape index (κ3) is 3.68. The molecule has 2 atom stereocenters. The van der Waals surface area contributed by atoms with E-state index in [0.29, 0.717) is 24.0 Å². The Morgan fingerprint density at radius 2 is 2.04 bits per heavy atom. The summed E-state index contributed by atoms with van der Waals surface area (Å²) in [5, 5.41) is 13.1. The Morgan fingerprint density at radius 1 is 1.28 bits per heavy atom. The molecule has 0 saturated carbocycles. The van der Waals surface area contributed by atoms with Gasteiger partial charge in [0.1, 0.15) is 0 Å². The monoisotopic (exact) mass is 353 g/mol. The average molecular weight is 353 g/mol. The number of nitrogens with one attached hydrogen (secondary N) is 1. The molecule has 0 radical (unpaired) electrons. The first-order valence-corrected chi connectivity index (χ1v) is 8.04. The van der Waals surface area contributed by atoms with Crippen molar-refractivity contribution >= 4 is 22.6 Å². The number of aliphatic hydroxyl groups excluding tert-OH is 1. The summed E-state index contributed by atoms with van der Waals surface area (Å²) in [7, 11) is 0. The number of piperidine rings is 1. The third-order valence-corrected chi connectivity index (χ3v) is 4.38. The van der Waals surface area contributed by atoms with Crippen molar-refractivity contribution in [2.75, 3.05) is 11.9 Å². The number of likely N-dealkylation sites (tertiary alicyclic amines) is 1. The van der Waals surface area contributed by atoms with Crippen molar-refractivity contribution in [1.29, 1.82) is 0 Å². The zero-order chi connectivity index (χ0) is 18.0. The molecule has 1 aromatic heterocycles. The SMILES string of the molecule is O=C(Nc1cccc2cccnc12)N1CCCC[C@@H]1[C@@H](O)C(F)(F)F. The van der Waals surface area contributed by atoms with E-state index in [0.717, 1.165) is 10.3 Å². The number of para-hydroxylation sites is 1. The number of amides is 2. The molecule has 1 aliphatic rings. The van der Waals surface area contributed by atoms with Crippen molar-refractivity contribution in [3.05, 3.63) is 36.5 Å². The van der Waals surface area contributed by atoms with Crippen LogP contribution in [-0.2, 0) is 0 Å². The van der Waals surface area contributed by atoms with Gasteiger partial charge in [-0.05, 0) is 31.4 Å². The van der Waals surface area contributed by atoms with Gasteiger partial charge in [0.15, 0.2) is 6.10 Å². The average Bonchev–Trinajstić information content (AvgIpc) is 2.60. The van der Waals surface area contributed by atoms with Gasteiger partial charge in [-0.25, -0.2) is 4.79 Å². The smallest absolute Gasteiger partial charge is 0.382 e. The fraction of sp³-hybridized carbons (Fsp3) is 0.412. The quantitative estimate of drug-likeness (QED) is 0.868. The molecule has 1 saturated heterocycles. The topological polar surface area (TPSA) is 65.5 Å². The predicted octanol–water partition coefficient (Wildman–Crippen LogP) is 3.54. The van der Waals surface area contributed by atoms with Crippen LogP contribution >= 0.6 is 0 Å². The molecule has 2 N–H and O–H groups in total. The van der Waals surface area contributed by atoms with Gasteiger partial charge in [0.25, 0.3) is 0 Å². The first-order chi connectivity index (χ1) is 11.9. The lowest BCUT2D eigenvalue weighted by Gasteiger charge is -2.38. The molecule has 0 aliphatic carbocycles. The fourth-order valence-electron chi connectivity index (χ4n) is 3.15. The molecule has 25 heavy (non-hydrogen) atoms. The van der Waals surface area contributed by atoms with E-state index in [1.54, 1.807) is 24.4 Å². The van der Waals surface area contributed by atoms with Gasteiger partial charge in [0, 0.05) is 18.1 Å². The molecule has 0 unspecified atom stereocenters. The molecule has 8 heteroatoms. The van der Waals surface area contributed by atoms with Crippen LogP contribution in [0.15, 0.2) is 36.5 Å². The fourth-order valence-corrected chi connectivity index (χ4v) is 3.15. The van der Waals surface area contributed by atoms with Crippen LogP contribution in [-0.4, -0.2) is 45.9 Å². The number of alkyl halides is 3. The second-order valence-electron chi connectivity index (χ2n) is 6.05. The molecule has 2 amide bonds. The van der Waals surface area contributed by atoms with Crippen LogP contribution in [0.3, 0.4) is 0 Å². The van der Waals surface area contributed by atoms with Crippen LogP contribution in [0.5, 0.6) is 0 Å². The maximum atomic E-state index is 12.9. The Kier molecular flexibility index (Phi) is 4.80. The van der Waals surface area contributed by atoms with Gasteiger partial charge in [-0.15, -0.1) is 0 Å². The van der Waals surface area contributed by atoms with Crippen molar-refractivity contribution < 1.29 is 23.1 Å². The summed E-state index contributed by atoms with van der Waals surface area (Å²) in [6, 6.07) is 6.85. The summed E-state index contributed by atoms with van der Waals surface area (Å²) in [6.45, 7) is 0.168. The molecule has 1 aliphatic heterocycles. The molecule has 3 rings (SSSR count). The van der Waals surface area contributed by atoms with Crippen LogP contribution in [0.4, 0.5) is 23.7 Å². The van der Waals surface area contributed by atoms with Gasteiger partial charge in [-0.3, -0.25) is 4.98 Å². The highest BCUT2D eigenvalue weighted by Crippen LogP contribution is 2.31. The number of halogens is 3. The van der Waals surface area contributed by atoms with Crippen LogP contribution in [0.1, 0.15) is 19.3 Å². The summed E-state index contributed by atoms with van der Waals surface area (Å²) in [4.78, 5) is 17.8. The molecule has 134 valence electrons. The molecule has 0 spiro atoms. The van der Waals surface area contributed by atoms with Gasteiger partial charge in [-0.1, -0.05) is 18.2 Å². The molecule has 2 heterocycles. The number of hydrogen-bond acceptors (Lipinski definition) is 3. The van der Waals surface area contributed by atoms with Gasteiger partial charge < -0.3 is 15.3 Å². The van der Waals surface area contributed by atoms with E-state index in [-0.39, 0.29) is 13.0 Å². The number of aromatic nitrogens is 1. The Morgan fingerprint density at radius 3 is 2.80 bits per heavy atom. The number of rotatable bonds is 2. The summed E-state index contributed by atoms with van der Waals surface area (Å²) in [5.74, 6) is 0. The van der Waals surface area contributed by atoms with Crippen LogP contribution < -0.4 is 5.32 Å². The second-order valence-corrected chi connectivity index (χ2v) is 6.05. The van der Waals surface area contributed by atoms with E-state index in [1.807, 2.05) is 12.1 Å². The van der Waals surface area contributed by atoms with Gasteiger partial charge in [-0.2, -0.15) is 13.2 Å². The normalized spacial score (nSPS) is 19.7. The summed E-state index contributed by atoms with van der Waals surface area (Å²) in [5.41, 5.74) is 0.984. The van der Waals surface area contributed by atoms with E-state index in [2.05, 4.69) is 10.3 Å². The Hall–Kier alpha value is -2.35. The molecular weight excluding hydrogens is 335 g/mol. The van der Waals surface area contributed by atoms with E-state index < -0.39 is 24.4 Å². The number of benzene rings is 1. The van der Waals surface area contributed by atoms with E-state index in [9.17, 15) is 23.1 Å². The minimum Gasteiger partial charge on any atom is -0.382 e. The number of fused-ring (bicyclic) bond motifs is 1.